The quantitative estimate of drug-likeness (QED) is 0.608. The van der Waals surface area contributed by atoms with Crippen molar-refractivity contribution in [2.45, 2.75) is 6.54 Å². The molecule has 1 aromatic heterocycles. The number of hydrogen-bond donors (Lipinski definition) is 3. The van der Waals surface area contributed by atoms with Crippen molar-refractivity contribution in [1.29, 1.82) is 0 Å². The molecule has 0 spiro atoms. The number of amides is 1. The van der Waals surface area contributed by atoms with Gasteiger partial charge >= 0.3 is 0 Å². The molecule has 3 aromatic rings. The van der Waals surface area contributed by atoms with Crippen LogP contribution in [0, 0.1) is 0 Å². The predicted octanol–water partition coefficient (Wildman–Crippen LogP) is 3.54. The second kappa shape index (κ2) is 8.02. The average molecular weight is 348 g/mol. The van der Waals surface area contributed by atoms with Crippen LogP contribution in [-0.2, 0) is 6.54 Å². The van der Waals surface area contributed by atoms with Crippen LogP contribution < -0.4 is 21.1 Å². The van der Waals surface area contributed by atoms with E-state index < -0.39 is 5.91 Å². The Kier molecular flexibility index (Phi) is 5.34. The molecule has 0 aliphatic heterocycles. The molecule has 6 nitrogen and oxygen atoms in total. The van der Waals surface area contributed by atoms with Gasteiger partial charge in [-0.2, -0.15) is 0 Å². The molecule has 0 radical (unpaired) electrons. The van der Waals surface area contributed by atoms with Crippen LogP contribution in [-0.4, -0.2) is 18.0 Å². The predicted molar refractivity (Wildman–Crippen MR) is 103 cm³/mol. The van der Waals surface area contributed by atoms with Gasteiger partial charge in [-0.3, -0.25) is 4.79 Å². The van der Waals surface area contributed by atoms with E-state index in [4.69, 9.17) is 10.5 Å². The number of nitrogens with two attached hydrogens (primary N) is 1. The summed E-state index contributed by atoms with van der Waals surface area (Å²) in [5.74, 6) is 0.539. The second-order valence-electron chi connectivity index (χ2n) is 5.64. The van der Waals surface area contributed by atoms with E-state index in [1.165, 1.54) is 0 Å². The zero-order valence-corrected chi connectivity index (χ0v) is 14.4. The Bertz CT molecular complexity index is 897. The van der Waals surface area contributed by atoms with Crippen LogP contribution in [0.5, 0.6) is 5.75 Å². The maximum atomic E-state index is 12.0. The van der Waals surface area contributed by atoms with E-state index in [0.717, 1.165) is 11.3 Å². The van der Waals surface area contributed by atoms with E-state index in [1.807, 2.05) is 54.6 Å². The summed E-state index contributed by atoms with van der Waals surface area (Å²) < 4.78 is 5.22. The van der Waals surface area contributed by atoms with Gasteiger partial charge in [0.05, 0.1) is 12.8 Å². The molecular formula is C20H20N4O2. The molecule has 1 heterocycles. The number of anilines is 3. The summed E-state index contributed by atoms with van der Waals surface area (Å²) in [6.07, 6.45) is 1.63. The van der Waals surface area contributed by atoms with Gasteiger partial charge in [0.2, 0.25) is 0 Å². The topological polar surface area (TPSA) is 89.3 Å². The van der Waals surface area contributed by atoms with Gasteiger partial charge in [0.25, 0.3) is 5.91 Å². The molecule has 0 fully saturated rings. The van der Waals surface area contributed by atoms with Crippen molar-refractivity contribution in [2.24, 2.45) is 5.73 Å². The lowest BCUT2D eigenvalue weighted by Gasteiger charge is -2.15. The first kappa shape index (κ1) is 17.3. The van der Waals surface area contributed by atoms with Gasteiger partial charge in [0, 0.05) is 24.5 Å². The van der Waals surface area contributed by atoms with E-state index in [0.29, 0.717) is 29.4 Å². The first-order valence-corrected chi connectivity index (χ1v) is 8.15. The highest BCUT2D eigenvalue weighted by atomic mass is 16.5. The Labute approximate surface area is 152 Å². The zero-order chi connectivity index (χ0) is 18.4. The third-order valence-electron chi connectivity index (χ3n) is 3.86. The molecule has 2 aromatic carbocycles. The molecule has 6 heteroatoms. The van der Waals surface area contributed by atoms with E-state index in [2.05, 4.69) is 15.6 Å². The van der Waals surface area contributed by atoms with Crippen LogP contribution >= 0.6 is 0 Å². The number of nitrogens with one attached hydrogen (secondary N) is 2. The van der Waals surface area contributed by atoms with Crippen LogP contribution in [0.3, 0.4) is 0 Å². The van der Waals surface area contributed by atoms with Gasteiger partial charge in [-0.25, -0.2) is 4.98 Å². The molecule has 4 N–H and O–H groups in total. The summed E-state index contributed by atoms with van der Waals surface area (Å²) in [5.41, 5.74) is 8.40. The summed E-state index contributed by atoms with van der Waals surface area (Å²) in [4.78, 5) is 16.3. The number of rotatable bonds is 7. The molecule has 0 aliphatic carbocycles. The third kappa shape index (κ3) is 4.10. The molecule has 132 valence electrons. The largest absolute Gasteiger partial charge is 0.497 e. The van der Waals surface area contributed by atoms with Crippen molar-refractivity contribution in [1.82, 2.24) is 4.98 Å². The summed E-state index contributed by atoms with van der Waals surface area (Å²) in [7, 11) is 1.60. The minimum atomic E-state index is -0.556. The number of pyridine rings is 1. The minimum Gasteiger partial charge on any atom is -0.497 e. The van der Waals surface area contributed by atoms with E-state index >= 15 is 0 Å². The van der Waals surface area contributed by atoms with Gasteiger partial charge in [-0.15, -0.1) is 0 Å². The number of methoxy groups -OCH3 is 1. The van der Waals surface area contributed by atoms with Crippen LogP contribution in [0.4, 0.5) is 17.2 Å². The number of primary amides is 1. The van der Waals surface area contributed by atoms with Crippen molar-refractivity contribution in [3.63, 3.8) is 0 Å². The fourth-order valence-electron chi connectivity index (χ4n) is 2.58. The first-order chi connectivity index (χ1) is 12.7. The standard InChI is InChI=1S/C20H20N4O2/c1-26-16-9-5-8-15(12-16)24-20-18(19(21)25)17(10-11-22-20)23-13-14-6-3-2-4-7-14/h2-12H,13H2,1H3,(H2,21,25)(H2,22,23,24). The van der Waals surface area contributed by atoms with Crippen LogP contribution in [0.15, 0.2) is 66.9 Å². The van der Waals surface area contributed by atoms with Gasteiger partial charge in [-0.05, 0) is 23.8 Å². The number of carbonyl (C=O) groups excluding carboxylic acids is 1. The molecule has 0 saturated carbocycles. The lowest BCUT2D eigenvalue weighted by atomic mass is 10.1. The normalized spacial score (nSPS) is 10.2. The van der Waals surface area contributed by atoms with Crippen molar-refractivity contribution in [3.05, 3.63) is 78.0 Å². The SMILES string of the molecule is COc1cccc(Nc2nccc(NCc3ccccc3)c2C(N)=O)c1. The van der Waals surface area contributed by atoms with Crippen LogP contribution in [0.1, 0.15) is 15.9 Å². The number of aromatic nitrogens is 1. The van der Waals surface area contributed by atoms with Gasteiger partial charge in [0.1, 0.15) is 17.1 Å². The number of benzene rings is 2. The molecule has 1 amide bonds. The summed E-state index contributed by atoms with van der Waals surface area (Å²) in [6, 6.07) is 19.0. The summed E-state index contributed by atoms with van der Waals surface area (Å²) in [5, 5.41) is 6.39. The Hall–Kier alpha value is -3.54. The highest BCUT2D eigenvalue weighted by molar-refractivity contribution is 6.03. The monoisotopic (exact) mass is 348 g/mol. The third-order valence-corrected chi connectivity index (χ3v) is 3.86. The molecule has 0 saturated heterocycles. The average Bonchev–Trinajstić information content (AvgIpc) is 2.67. The first-order valence-electron chi connectivity index (χ1n) is 8.15. The Balaban J connectivity index is 1.87. The van der Waals surface area contributed by atoms with E-state index in [9.17, 15) is 4.79 Å². The number of hydrogen-bond acceptors (Lipinski definition) is 5. The summed E-state index contributed by atoms with van der Waals surface area (Å²) >= 11 is 0. The molecule has 0 atom stereocenters. The zero-order valence-electron chi connectivity index (χ0n) is 14.4. The Morgan fingerprint density at radius 1 is 1.12 bits per heavy atom. The van der Waals surface area contributed by atoms with Crippen molar-refractivity contribution in [2.75, 3.05) is 17.7 Å². The van der Waals surface area contributed by atoms with E-state index in [-0.39, 0.29) is 0 Å². The Morgan fingerprint density at radius 3 is 2.65 bits per heavy atom. The minimum absolute atomic E-state index is 0.311. The molecule has 26 heavy (non-hydrogen) atoms. The fraction of sp³-hybridized carbons (Fsp3) is 0.100. The van der Waals surface area contributed by atoms with E-state index in [1.54, 1.807) is 19.4 Å². The number of ether oxygens (including phenoxy) is 1. The van der Waals surface area contributed by atoms with Gasteiger partial charge < -0.3 is 21.1 Å². The van der Waals surface area contributed by atoms with Gasteiger partial charge in [0.15, 0.2) is 0 Å². The molecule has 3 rings (SSSR count). The van der Waals surface area contributed by atoms with Crippen LogP contribution in [0.2, 0.25) is 0 Å². The lowest BCUT2D eigenvalue weighted by molar-refractivity contribution is 0.100. The van der Waals surface area contributed by atoms with Crippen molar-refractivity contribution in [3.8, 4) is 5.75 Å². The lowest BCUT2D eigenvalue weighted by Crippen LogP contribution is -2.17. The number of nitrogens with zero attached hydrogens (tertiary/aromatic N) is 1. The van der Waals surface area contributed by atoms with Gasteiger partial charge in [-0.1, -0.05) is 36.4 Å². The molecular weight excluding hydrogens is 328 g/mol. The van der Waals surface area contributed by atoms with Crippen LogP contribution in [0.25, 0.3) is 0 Å². The molecule has 0 aliphatic rings. The Morgan fingerprint density at radius 2 is 1.92 bits per heavy atom. The van der Waals surface area contributed by atoms with Crippen molar-refractivity contribution >= 4 is 23.1 Å². The maximum absolute atomic E-state index is 12.0. The highest BCUT2D eigenvalue weighted by Gasteiger charge is 2.15. The summed E-state index contributed by atoms with van der Waals surface area (Å²) in [6.45, 7) is 0.573. The second-order valence-corrected chi connectivity index (χ2v) is 5.64. The number of carbonyl (C=O) groups is 1. The smallest absolute Gasteiger partial charge is 0.254 e. The fourth-order valence-corrected chi connectivity index (χ4v) is 2.58. The highest BCUT2D eigenvalue weighted by Crippen LogP contribution is 2.27. The molecule has 0 unspecified atom stereocenters. The molecule has 0 bridgehead atoms. The van der Waals surface area contributed by atoms with Crippen molar-refractivity contribution < 1.29 is 9.53 Å². The maximum Gasteiger partial charge on any atom is 0.254 e.